The van der Waals surface area contributed by atoms with Crippen LogP contribution >= 0.6 is 0 Å². The van der Waals surface area contributed by atoms with E-state index in [4.69, 9.17) is 125 Å². The number of rotatable bonds is 72. The van der Waals surface area contributed by atoms with E-state index >= 15 is 0 Å². The molecule has 0 aliphatic rings. The summed E-state index contributed by atoms with van der Waals surface area (Å²) in [7, 11) is 0. The number of fused-ring (bicyclic) bond motifs is 1. The predicted octanol–water partition coefficient (Wildman–Crippen LogP) is -0.346. The van der Waals surface area contributed by atoms with Crippen LogP contribution in [0.2, 0.25) is 0 Å². The van der Waals surface area contributed by atoms with Crippen LogP contribution in [0.1, 0.15) is 0 Å². The van der Waals surface area contributed by atoms with Gasteiger partial charge in [0.15, 0.2) is 5.65 Å². The maximum Gasteiger partial charge on any atom is 0.245 e. The van der Waals surface area contributed by atoms with E-state index in [9.17, 15) is 0 Å². The highest BCUT2D eigenvalue weighted by Gasteiger charge is 2.10. The number of imidazole rings is 1. The molecule has 0 saturated heterocycles. The molecular weight excluding hydrogens is 1100 g/mol. The van der Waals surface area contributed by atoms with Gasteiger partial charge in [0.05, 0.1) is 310 Å². The second-order valence-electron chi connectivity index (χ2n) is 16.7. The van der Waals surface area contributed by atoms with Crippen molar-refractivity contribution in [1.82, 2.24) is 19.9 Å². The summed E-state index contributed by atoms with van der Waals surface area (Å²) in [6.07, 6.45) is 1.51. The molecule has 30 nitrogen and oxygen atoms in total. The Bertz CT molecular complexity index is 1580. The summed E-state index contributed by atoms with van der Waals surface area (Å²) in [5.74, 6) is 0.437. The van der Waals surface area contributed by atoms with E-state index in [0.717, 1.165) is 0 Å². The fraction of sp³-hybridized carbons (Fsp3) is 0.906. The fourth-order valence-corrected chi connectivity index (χ4v) is 6.15. The minimum Gasteiger partial charge on any atom is -0.474 e. The van der Waals surface area contributed by atoms with Crippen LogP contribution in [0.3, 0.4) is 0 Å². The third-order valence-electron chi connectivity index (χ3n) is 10.2. The average molecular weight is 1210 g/mol. The van der Waals surface area contributed by atoms with Crippen molar-refractivity contribution in [3.8, 4) is 5.88 Å². The van der Waals surface area contributed by atoms with E-state index in [2.05, 4.69) is 19.9 Å². The van der Waals surface area contributed by atoms with Gasteiger partial charge in [0.2, 0.25) is 11.8 Å². The molecule has 488 valence electrons. The summed E-state index contributed by atoms with van der Waals surface area (Å²) >= 11 is 0. The molecule has 0 radical (unpaired) electrons. The SMILES string of the molecule is NCCOCCOCCOCCOCCOCCOCCOCCOCCOCCOCCOCCOCCOCCOCCOCCOCCOCCOCCOCCOCCOCCOCCOCCOc1nc(N)nc2nc[nH]c12. The van der Waals surface area contributed by atoms with Crippen molar-refractivity contribution >= 4 is 17.1 Å². The molecule has 2 rings (SSSR count). The van der Waals surface area contributed by atoms with Crippen LogP contribution in [0, 0.1) is 0 Å². The molecule has 0 aliphatic heterocycles. The minimum atomic E-state index is 0.0968. The Morgan fingerprint density at radius 3 is 0.627 bits per heavy atom. The fourth-order valence-electron chi connectivity index (χ4n) is 6.15. The number of aromatic nitrogens is 4. The topological polar surface area (TPSA) is 328 Å². The van der Waals surface area contributed by atoms with Gasteiger partial charge in [0.25, 0.3) is 0 Å². The molecule has 0 aromatic carbocycles. The maximum atomic E-state index is 5.68. The number of ether oxygens (including phenoxy) is 24. The molecule has 0 aliphatic carbocycles. The smallest absolute Gasteiger partial charge is 0.245 e. The van der Waals surface area contributed by atoms with Gasteiger partial charge in [-0.3, -0.25) is 0 Å². The summed E-state index contributed by atoms with van der Waals surface area (Å²) in [6.45, 7) is 23.1. The lowest BCUT2D eigenvalue weighted by Gasteiger charge is -2.09. The standard InChI is InChI=1S/C53H102N6O24/c54-1-2-60-3-4-61-5-6-62-7-8-63-9-10-64-11-12-65-13-14-66-15-16-67-17-18-68-19-20-69-21-22-70-23-24-71-25-26-72-27-28-73-29-30-74-31-32-75-33-34-76-35-36-77-37-38-78-39-40-79-41-42-80-43-44-81-45-46-82-47-48-83-52-50-51(57-49-56-50)58-53(55)59-52/h49H,1-48,54H2,(H3,55,56,57,58,59). The van der Waals surface area contributed by atoms with Gasteiger partial charge >= 0.3 is 0 Å². The second kappa shape index (κ2) is 65.2. The van der Waals surface area contributed by atoms with Crippen molar-refractivity contribution in [2.75, 3.05) is 323 Å². The van der Waals surface area contributed by atoms with Crippen LogP contribution in [-0.4, -0.2) is 337 Å². The molecule has 2 heterocycles. The van der Waals surface area contributed by atoms with E-state index in [1.807, 2.05) is 0 Å². The number of aromatic amines is 1. The van der Waals surface area contributed by atoms with Gasteiger partial charge in [-0.05, 0) is 0 Å². The first kappa shape index (κ1) is 76.3. The van der Waals surface area contributed by atoms with Gasteiger partial charge in [-0.25, -0.2) is 4.98 Å². The molecule has 30 heteroatoms. The van der Waals surface area contributed by atoms with Crippen molar-refractivity contribution < 1.29 is 114 Å². The van der Waals surface area contributed by atoms with Gasteiger partial charge < -0.3 is 130 Å². The third kappa shape index (κ3) is 55.5. The van der Waals surface area contributed by atoms with Crippen molar-refractivity contribution in [3.63, 3.8) is 0 Å². The Morgan fingerprint density at radius 2 is 0.434 bits per heavy atom. The predicted molar refractivity (Wildman–Crippen MR) is 299 cm³/mol. The Labute approximate surface area is 490 Å². The number of nitrogens with two attached hydrogens (primary N) is 2. The first-order chi connectivity index (χ1) is 41.3. The van der Waals surface area contributed by atoms with Crippen molar-refractivity contribution in [1.29, 1.82) is 0 Å². The number of nitrogens with one attached hydrogen (secondary N) is 1. The van der Waals surface area contributed by atoms with E-state index in [-0.39, 0.29) is 5.95 Å². The first-order valence-electron chi connectivity index (χ1n) is 28.9. The zero-order valence-corrected chi connectivity index (χ0v) is 49.3. The summed E-state index contributed by atoms with van der Waals surface area (Å²) in [5.41, 5.74) is 12.1. The largest absolute Gasteiger partial charge is 0.474 e. The molecule has 0 bridgehead atoms. The monoisotopic (exact) mass is 1210 g/mol. The van der Waals surface area contributed by atoms with Gasteiger partial charge in [0, 0.05) is 6.54 Å². The van der Waals surface area contributed by atoms with Crippen molar-refractivity contribution in [2.45, 2.75) is 0 Å². The van der Waals surface area contributed by atoms with Crippen molar-refractivity contribution in [3.05, 3.63) is 6.33 Å². The molecule has 0 saturated carbocycles. The highest BCUT2D eigenvalue weighted by atomic mass is 16.6. The minimum absolute atomic E-state index is 0.0968. The second-order valence-corrected chi connectivity index (χ2v) is 16.7. The van der Waals surface area contributed by atoms with Gasteiger partial charge in [-0.15, -0.1) is 0 Å². The van der Waals surface area contributed by atoms with Gasteiger partial charge in [-0.2, -0.15) is 9.97 Å². The number of hydrogen-bond acceptors (Lipinski definition) is 29. The number of hydrogen-bond donors (Lipinski definition) is 3. The molecule has 0 fully saturated rings. The van der Waals surface area contributed by atoms with Crippen LogP contribution in [0.25, 0.3) is 11.2 Å². The van der Waals surface area contributed by atoms with Gasteiger partial charge in [0.1, 0.15) is 12.1 Å². The van der Waals surface area contributed by atoms with E-state index in [1.54, 1.807) is 0 Å². The average Bonchev–Trinajstić information content (AvgIpc) is 4.08. The highest BCUT2D eigenvalue weighted by molar-refractivity contribution is 5.76. The molecule has 0 unspecified atom stereocenters. The quantitative estimate of drug-likeness (QED) is 0.0713. The van der Waals surface area contributed by atoms with E-state index < -0.39 is 0 Å². The molecule has 2 aromatic heterocycles. The summed E-state index contributed by atoms with van der Waals surface area (Å²) in [4.78, 5) is 15.1. The van der Waals surface area contributed by atoms with Crippen LogP contribution in [-0.2, 0) is 109 Å². The number of nitrogen functional groups attached to an aromatic ring is 1. The molecule has 0 atom stereocenters. The number of H-pyrrole nitrogens is 1. The molecule has 0 amide bonds. The summed E-state index contributed by atoms with van der Waals surface area (Å²) in [5, 5.41) is 0. The molecule has 0 spiro atoms. The molecule has 5 N–H and O–H groups in total. The molecule has 2 aromatic rings. The van der Waals surface area contributed by atoms with Crippen LogP contribution in [0.4, 0.5) is 5.95 Å². The molecular formula is C53H102N6O24. The zero-order valence-electron chi connectivity index (χ0n) is 49.3. The van der Waals surface area contributed by atoms with Gasteiger partial charge in [-0.1, -0.05) is 0 Å². The summed E-state index contributed by atoms with van der Waals surface area (Å²) < 4.78 is 132. The van der Waals surface area contributed by atoms with Crippen molar-refractivity contribution in [2.24, 2.45) is 5.73 Å². The number of nitrogens with zero attached hydrogens (tertiary/aromatic N) is 3. The third-order valence-corrected chi connectivity index (χ3v) is 10.2. The lowest BCUT2D eigenvalue weighted by molar-refractivity contribution is -0.0319. The first-order valence-corrected chi connectivity index (χ1v) is 28.9. The lowest BCUT2D eigenvalue weighted by Crippen LogP contribution is -2.16. The zero-order chi connectivity index (χ0) is 58.8. The Morgan fingerprint density at radius 1 is 0.253 bits per heavy atom. The Hall–Kier alpha value is -2.81. The highest BCUT2D eigenvalue weighted by Crippen LogP contribution is 2.19. The molecule has 83 heavy (non-hydrogen) atoms. The van der Waals surface area contributed by atoms with Crippen LogP contribution in [0.5, 0.6) is 5.88 Å². The van der Waals surface area contributed by atoms with E-state index in [0.29, 0.717) is 334 Å². The Kier molecular flexibility index (Phi) is 59.9. The van der Waals surface area contributed by atoms with E-state index in [1.165, 1.54) is 6.33 Å². The summed E-state index contributed by atoms with van der Waals surface area (Å²) in [6, 6.07) is 0. The number of anilines is 1. The van der Waals surface area contributed by atoms with Crippen LogP contribution < -0.4 is 16.2 Å². The Balaban J connectivity index is 1.09. The van der Waals surface area contributed by atoms with Crippen LogP contribution in [0.15, 0.2) is 6.33 Å². The normalized spacial score (nSPS) is 11.8. The lowest BCUT2D eigenvalue weighted by atomic mass is 10.5. The maximum absolute atomic E-state index is 5.68.